The first-order valence-corrected chi connectivity index (χ1v) is 27.7. The van der Waals surface area contributed by atoms with Gasteiger partial charge in [-0.1, -0.05) is 46.3 Å². The molecule has 10 unspecified atom stereocenters. The zero-order valence-corrected chi connectivity index (χ0v) is 45.6. The molecule has 8 rings (SSSR count). The number of hydrogen-bond donors (Lipinski definition) is 14. The Kier molecular flexibility index (Phi) is 18.4. The summed E-state index contributed by atoms with van der Waals surface area (Å²) >= 11 is 0. The molecule has 0 bridgehead atoms. The van der Waals surface area contributed by atoms with Gasteiger partial charge in [0.15, 0.2) is 25.2 Å². The third-order valence-electron chi connectivity index (χ3n) is 20.9. The summed E-state index contributed by atoms with van der Waals surface area (Å²) in [6, 6.07) is 0. The summed E-state index contributed by atoms with van der Waals surface area (Å²) in [5, 5.41) is 152. The quantitative estimate of drug-likeness (QED) is 0.0678. The Morgan fingerprint density at radius 2 is 1.13 bits per heavy atom. The molecule has 0 spiro atoms. The Labute approximate surface area is 445 Å². The van der Waals surface area contributed by atoms with Crippen molar-refractivity contribution >= 4 is 0 Å². The Balaban J connectivity index is 1.01. The molecular formula is C54H92O22. The van der Waals surface area contributed by atoms with Gasteiger partial charge in [0.25, 0.3) is 0 Å². The van der Waals surface area contributed by atoms with Crippen molar-refractivity contribution in [2.75, 3.05) is 19.8 Å². The number of aliphatic hydroxyl groups is 14. The first-order chi connectivity index (χ1) is 35.5. The minimum Gasteiger partial charge on any atom is -0.394 e. The molecule has 4 saturated carbocycles. The number of fused-ring (bicyclic) bond motifs is 5. The van der Waals surface area contributed by atoms with E-state index in [1.165, 1.54) is 6.92 Å². The van der Waals surface area contributed by atoms with Crippen molar-refractivity contribution in [3.05, 3.63) is 11.6 Å². The van der Waals surface area contributed by atoms with Crippen molar-refractivity contribution in [3.63, 3.8) is 0 Å². The Morgan fingerprint density at radius 3 is 1.76 bits per heavy atom. The molecule has 4 aliphatic heterocycles. The molecule has 4 aliphatic carbocycles. The predicted octanol–water partition coefficient (Wildman–Crippen LogP) is -1.17. The fraction of sp³-hybridized carbons (Fsp3) is 0.963. The molecule has 440 valence electrons. The van der Waals surface area contributed by atoms with Gasteiger partial charge in [-0.3, -0.25) is 0 Å². The second kappa shape index (κ2) is 22.9. The van der Waals surface area contributed by atoms with Gasteiger partial charge in [-0.25, -0.2) is 0 Å². The van der Waals surface area contributed by atoms with Crippen LogP contribution in [-0.4, -0.2) is 232 Å². The van der Waals surface area contributed by atoms with Crippen molar-refractivity contribution in [1.29, 1.82) is 0 Å². The highest BCUT2D eigenvalue weighted by Crippen LogP contribution is 2.76. The molecule has 0 aromatic rings. The fourth-order valence-corrected chi connectivity index (χ4v) is 16.2. The Hall–Kier alpha value is -1.14. The lowest BCUT2D eigenvalue weighted by atomic mass is 9.35. The molecule has 4 saturated heterocycles. The summed E-state index contributed by atoms with van der Waals surface area (Å²) in [5.74, 6) is -0.404. The van der Waals surface area contributed by atoms with Crippen molar-refractivity contribution in [1.82, 2.24) is 0 Å². The molecule has 8 fully saturated rings. The van der Waals surface area contributed by atoms with Crippen LogP contribution in [0.25, 0.3) is 0 Å². The van der Waals surface area contributed by atoms with E-state index in [0.717, 1.165) is 24.8 Å². The monoisotopic (exact) mass is 1090 g/mol. The average molecular weight is 1090 g/mol. The molecule has 8 aliphatic rings. The van der Waals surface area contributed by atoms with E-state index < -0.39 is 171 Å². The summed E-state index contributed by atoms with van der Waals surface area (Å²) in [4.78, 5) is 0. The smallest absolute Gasteiger partial charge is 0.187 e. The van der Waals surface area contributed by atoms with E-state index in [-0.39, 0.29) is 34.5 Å². The maximum Gasteiger partial charge on any atom is 0.187 e. The number of ether oxygens (including phenoxy) is 8. The summed E-state index contributed by atoms with van der Waals surface area (Å²) in [7, 11) is 0. The van der Waals surface area contributed by atoms with Gasteiger partial charge in [-0.2, -0.15) is 0 Å². The standard InChI is InChI=1S/C54H92O22/c1-23(2)11-10-15-54(9,76-48-44(68)40(64)37(61)29(73-48)22-69-46-42(66)38(62)34(58)24(3)70-46)25-12-17-53(8)33(25)26(57)19-31-51(6)16-14-32(50(4,5)30(51)13-18-52(31,53)7)74-49-45(41(65)36(60)28(21-56)72-49)75-47-43(67)39(63)35(59)27(20-55)71-47/h11,24-49,55-68H,10,12-22H2,1-9H3/t24-,25?,26?,27-,28-,29-,30?,31?,32?,33?,34+,35-,36-,37-,38-,39-,40-,41-,42-,43-,44-,45-,46-,47+,48+,49+,51?,52?,53?,54?/m1/s1. The average Bonchev–Trinajstić information content (AvgIpc) is 3.77. The van der Waals surface area contributed by atoms with Crippen molar-refractivity contribution in [2.45, 2.75) is 261 Å². The van der Waals surface area contributed by atoms with Crippen molar-refractivity contribution in [3.8, 4) is 0 Å². The highest BCUT2D eigenvalue weighted by Gasteiger charge is 2.72. The molecular weight excluding hydrogens is 1000 g/mol. The summed E-state index contributed by atoms with van der Waals surface area (Å²) < 4.78 is 49.1. The van der Waals surface area contributed by atoms with E-state index in [9.17, 15) is 71.5 Å². The van der Waals surface area contributed by atoms with Gasteiger partial charge in [0, 0.05) is 0 Å². The lowest BCUT2D eigenvalue weighted by Gasteiger charge is -2.71. The highest BCUT2D eigenvalue weighted by molar-refractivity contribution is 5.20. The van der Waals surface area contributed by atoms with Crippen molar-refractivity contribution in [2.24, 2.45) is 45.3 Å². The van der Waals surface area contributed by atoms with E-state index in [0.29, 0.717) is 38.5 Å². The SMILES string of the molecule is CC(C)=CCCC(C)(O[C@@H]1O[C@H](CO[C@@H]2O[C@H](C)[C@H](O)[C@@H](O)[C@H]2O)[C@@H](O)[C@@H](O)[C@H]1O)C1CCC2(C)C1C(O)CC1C3(C)CCC(O[C@@H]4O[C@H](CO)[C@@H](O)[C@@H](O)[C@H]4O[C@@H]4O[C@H](CO)[C@@H](O)[C@@H](O)[C@H]4O)C(C)(C)C3CCC12C. The van der Waals surface area contributed by atoms with Gasteiger partial charge in [0.1, 0.15) is 91.6 Å². The topological polar surface area (TPSA) is 357 Å². The Morgan fingerprint density at radius 1 is 0.579 bits per heavy atom. The normalized spacial score (nSPS) is 53.2. The summed E-state index contributed by atoms with van der Waals surface area (Å²) in [5.41, 5.74) is -1.49. The van der Waals surface area contributed by atoms with Crippen molar-refractivity contribution < 1.29 is 109 Å². The maximum absolute atomic E-state index is 12.8. The molecule has 0 radical (unpaired) electrons. The number of rotatable bonds is 15. The first-order valence-electron chi connectivity index (χ1n) is 27.7. The number of hydrogen-bond acceptors (Lipinski definition) is 22. The zero-order valence-electron chi connectivity index (χ0n) is 45.6. The van der Waals surface area contributed by atoms with E-state index in [2.05, 4.69) is 40.7 Å². The molecule has 22 heteroatoms. The summed E-state index contributed by atoms with van der Waals surface area (Å²) in [6.07, 6.45) is -23.7. The van der Waals surface area contributed by atoms with Crippen LogP contribution in [0.15, 0.2) is 11.6 Å². The van der Waals surface area contributed by atoms with Gasteiger partial charge in [0.05, 0.1) is 43.7 Å². The van der Waals surface area contributed by atoms with Crippen LogP contribution >= 0.6 is 0 Å². The molecule has 0 aromatic carbocycles. The second-order valence-corrected chi connectivity index (χ2v) is 25.7. The minimum atomic E-state index is -1.81. The largest absolute Gasteiger partial charge is 0.394 e. The van der Waals surface area contributed by atoms with E-state index in [1.807, 2.05) is 20.8 Å². The number of aliphatic hydroxyl groups excluding tert-OH is 14. The zero-order chi connectivity index (χ0) is 55.9. The van der Waals surface area contributed by atoms with Crippen LogP contribution in [0.1, 0.15) is 120 Å². The van der Waals surface area contributed by atoms with Gasteiger partial charge < -0.3 is 109 Å². The highest BCUT2D eigenvalue weighted by atomic mass is 16.8. The molecule has 30 atom stereocenters. The van der Waals surface area contributed by atoms with E-state index >= 15 is 0 Å². The van der Waals surface area contributed by atoms with Crippen LogP contribution in [0, 0.1) is 45.3 Å². The third-order valence-corrected chi connectivity index (χ3v) is 20.9. The number of allylic oxidation sites excluding steroid dienone is 2. The van der Waals surface area contributed by atoms with Gasteiger partial charge in [-0.15, -0.1) is 0 Å². The van der Waals surface area contributed by atoms with Crippen LogP contribution in [0.2, 0.25) is 0 Å². The van der Waals surface area contributed by atoms with Crippen LogP contribution in [0.5, 0.6) is 0 Å². The van der Waals surface area contributed by atoms with Crippen LogP contribution in [0.3, 0.4) is 0 Å². The van der Waals surface area contributed by atoms with Crippen LogP contribution < -0.4 is 0 Å². The van der Waals surface area contributed by atoms with E-state index in [1.54, 1.807) is 0 Å². The first kappa shape index (κ1) is 60.9. The van der Waals surface area contributed by atoms with Gasteiger partial charge in [-0.05, 0) is 131 Å². The van der Waals surface area contributed by atoms with Crippen LogP contribution in [-0.2, 0) is 37.9 Å². The molecule has 14 N–H and O–H groups in total. The lowest BCUT2D eigenvalue weighted by Crippen LogP contribution is -2.68. The maximum atomic E-state index is 12.8. The predicted molar refractivity (Wildman–Crippen MR) is 265 cm³/mol. The lowest BCUT2D eigenvalue weighted by molar-refractivity contribution is -0.378. The van der Waals surface area contributed by atoms with Gasteiger partial charge in [0.2, 0.25) is 0 Å². The molecule has 4 heterocycles. The molecule has 0 aromatic heterocycles. The van der Waals surface area contributed by atoms with Gasteiger partial charge >= 0.3 is 0 Å². The molecule has 0 amide bonds. The van der Waals surface area contributed by atoms with Crippen LogP contribution in [0.4, 0.5) is 0 Å². The Bertz CT molecular complexity index is 1980. The fourth-order valence-electron chi connectivity index (χ4n) is 16.2. The molecule has 76 heavy (non-hydrogen) atoms. The third kappa shape index (κ3) is 10.5. The summed E-state index contributed by atoms with van der Waals surface area (Å²) in [6.45, 7) is 16.9. The van der Waals surface area contributed by atoms with E-state index in [4.69, 9.17) is 37.9 Å². The minimum absolute atomic E-state index is 0.0493. The molecule has 22 nitrogen and oxygen atoms in total. The second-order valence-electron chi connectivity index (χ2n) is 25.7.